The van der Waals surface area contributed by atoms with Crippen LogP contribution in [-0.2, 0) is 26.5 Å². The molecule has 0 saturated carbocycles. The Morgan fingerprint density at radius 1 is 0.591 bits per heavy atom. The molecule has 0 radical (unpaired) electrons. The van der Waals surface area contributed by atoms with Crippen LogP contribution in [0, 0.1) is 6.07 Å². The maximum Gasteiger partial charge on any atom is 0.148 e. The van der Waals surface area contributed by atoms with E-state index in [0.717, 1.165) is 61.3 Å². The molecule has 2 heterocycles. The van der Waals surface area contributed by atoms with Gasteiger partial charge in [-0.05, 0) is 104 Å². The molecule has 4 nitrogen and oxygen atoms in total. The quantitative estimate of drug-likeness (QED) is 0.139. The van der Waals surface area contributed by atoms with Gasteiger partial charge in [-0.15, -0.1) is 23.8 Å². The third kappa shape index (κ3) is 9.09. The van der Waals surface area contributed by atoms with Gasteiger partial charge >= 0.3 is 0 Å². The minimum absolute atomic E-state index is 0. The van der Waals surface area contributed by atoms with Crippen molar-refractivity contribution >= 4 is 11.0 Å². The number of para-hydroxylation sites is 1. The Morgan fingerprint density at radius 2 is 1.27 bits per heavy atom. The molecule has 0 aliphatic carbocycles. The maximum absolute atomic E-state index is 12.3. The van der Waals surface area contributed by atoms with Crippen LogP contribution in [0.3, 0.4) is 0 Å². The molecule has 5 heteroatoms. The number of phenolic OH excluding ortho intramolecular Hbond substituents is 1. The number of hydrogen-bond donors (Lipinski definition) is 1. The molecule has 9 rings (SSSR count). The van der Waals surface area contributed by atoms with Crippen molar-refractivity contribution in [3.05, 3.63) is 192 Å². The van der Waals surface area contributed by atoms with Crippen molar-refractivity contribution in [1.82, 2.24) is 14.5 Å². The van der Waals surface area contributed by atoms with Gasteiger partial charge < -0.3 is 5.11 Å². The molecular formula is C61H58N3OPt-. The predicted molar refractivity (Wildman–Crippen MR) is 273 cm³/mol. The topological polar surface area (TPSA) is 50.9 Å². The van der Waals surface area contributed by atoms with E-state index in [1.54, 1.807) is 24.4 Å². The molecule has 0 spiro atoms. The zero-order chi connectivity index (χ0) is 54.0. The molecule has 2 aromatic heterocycles. The second-order valence-electron chi connectivity index (χ2n) is 17.7. The number of fused-ring (bicyclic) bond motifs is 1. The summed E-state index contributed by atoms with van der Waals surface area (Å²) in [6.07, 6.45) is 1.65. The number of imidazole rings is 1. The van der Waals surface area contributed by atoms with E-state index in [1.807, 2.05) is 98.8 Å². The summed E-state index contributed by atoms with van der Waals surface area (Å²) < 4.78 is 85.4. The molecule has 0 aliphatic rings. The molecule has 7 aromatic carbocycles. The minimum Gasteiger partial charge on any atom is -0.507 e. The van der Waals surface area contributed by atoms with E-state index < -0.39 is 31.9 Å². The maximum atomic E-state index is 12.3. The van der Waals surface area contributed by atoms with E-state index in [1.165, 1.54) is 12.1 Å². The van der Waals surface area contributed by atoms with Crippen molar-refractivity contribution in [1.29, 1.82) is 0 Å². The van der Waals surface area contributed by atoms with Gasteiger partial charge in [0.15, 0.2) is 0 Å². The van der Waals surface area contributed by atoms with Crippen molar-refractivity contribution < 1.29 is 39.9 Å². The van der Waals surface area contributed by atoms with Gasteiger partial charge in [-0.3, -0.25) is 9.55 Å². The molecule has 1 N–H and O–H groups in total. The van der Waals surface area contributed by atoms with Crippen LogP contribution in [0.1, 0.15) is 116 Å². The Bertz CT molecular complexity index is 3520. The van der Waals surface area contributed by atoms with E-state index in [0.29, 0.717) is 39.3 Å². The van der Waals surface area contributed by atoms with E-state index in [2.05, 4.69) is 80.8 Å². The Hall–Kier alpha value is -6.35. The number of hydrogen-bond acceptors (Lipinski definition) is 3. The average Bonchev–Trinajstić information content (AvgIpc) is 3.85. The Labute approximate surface area is 419 Å². The Balaban J connectivity index is 0.00000765. The third-order valence-corrected chi connectivity index (χ3v) is 12.2. The molecule has 0 fully saturated rings. The summed E-state index contributed by atoms with van der Waals surface area (Å²) in [6.45, 7) is 2.04. The first-order chi connectivity index (χ1) is 35.3. The molecule has 0 aliphatic heterocycles. The fourth-order valence-electron chi connectivity index (χ4n) is 8.66. The van der Waals surface area contributed by atoms with Crippen LogP contribution in [0.15, 0.2) is 164 Å². The van der Waals surface area contributed by atoms with Gasteiger partial charge in [0, 0.05) is 52.4 Å². The number of aromatic hydroxyl groups is 1. The first-order valence-corrected chi connectivity index (χ1v) is 22.1. The van der Waals surface area contributed by atoms with E-state index in [4.69, 9.17) is 22.3 Å². The number of nitrogens with zero attached hydrogens (tertiary/aromatic N) is 3. The van der Waals surface area contributed by atoms with Crippen molar-refractivity contribution in [2.75, 3.05) is 0 Å². The van der Waals surface area contributed by atoms with Crippen LogP contribution in [0.25, 0.3) is 83.9 Å². The summed E-state index contributed by atoms with van der Waals surface area (Å²) in [7, 11) is 0. The summed E-state index contributed by atoms with van der Waals surface area (Å²) in [6, 6.07) is 53.4. The molecule has 9 aromatic rings. The van der Waals surface area contributed by atoms with Crippen molar-refractivity contribution in [2.24, 2.45) is 0 Å². The van der Waals surface area contributed by atoms with Crippen molar-refractivity contribution in [3.8, 4) is 78.6 Å². The smallest absolute Gasteiger partial charge is 0.148 e. The zero-order valence-corrected chi connectivity index (χ0v) is 40.1. The van der Waals surface area contributed by atoms with Crippen LogP contribution < -0.4 is 0 Å². The van der Waals surface area contributed by atoms with E-state index in [9.17, 15) is 6.48 Å². The summed E-state index contributed by atoms with van der Waals surface area (Å²) in [5.41, 5.74) is 9.75. The number of benzene rings is 7. The standard InChI is InChI=1S/C61H58N3O.Pt/c1-38(2)45-34-54(40(5)6)59(65)55(35-45)60-63-58-52(21-16-22-57(58)64(60)50-27-28-51(53(37-50)39(3)4)43-19-14-11-15-20-43)47-31-46(41-17-12-10-13-18-41)32-48(33-47)56-36-44(29-30-62-56)42-23-25-49(26-24-42)61(7,8)9;/h10-32,34-40,65H,1-9H3;/q-1;/i7D3,8D3,9D3,39D;. The normalized spacial score (nSPS) is 14.7. The zero-order valence-electron chi connectivity index (χ0n) is 47.8. The van der Waals surface area contributed by atoms with Gasteiger partial charge in [-0.1, -0.05) is 194 Å². The molecule has 0 saturated heterocycles. The van der Waals surface area contributed by atoms with E-state index >= 15 is 0 Å². The van der Waals surface area contributed by atoms with Crippen LogP contribution in [0.2, 0.25) is 0 Å². The molecule has 0 unspecified atom stereocenters. The minimum atomic E-state index is -3.38. The fraction of sp³-hybridized carbons (Fsp3) is 0.213. The second-order valence-corrected chi connectivity index (χ2v) is 17.7. The second kappa shape index (κ2) is 18.9. The largest absolute Gasteiger partial charge is 0.507 e. The van der Waals surface area contributed by atoms with Gasteiger partial charge in [0.2, 0.25) is 0 Å². The fourth-order valence-corrected chi connectivity index (χ4v) is 8.66. The van der Waals surface area contributed by atoms with Crippen LogP contribution in [0.4, 0.5) is 0 Å². The van der Waals surface area contributed by atoms with Gasteiger partial charge in [-0.2, -0.15) is 0 Å². The molecular weight excluding hydrogens is 986 g/mol. The van der Waals surface area contributed by atoms with Crippen LogP contribution >= 0.6 is 0 Å². The SMILES string of the molecule is [2H]C(C)(C)c1cc(-n2c(-c3cc(C(C)C)cc(C(C)C)c3O)nc3c(-c4[c-]c(-c5cc(-c6ccc(C(C([2H])([2H])[2H])(C([2H])([2H])[2H])C([2H])([2H])[2H])cc6)ccn5)cc(-c5ccccc5)c4)cccc32)ccc1-c1ccccc1.[Pt]. The van der Waals surface area contributed by atoms with Crippen LogP contribution in [-0.4, -0.2) is 19.6 Å². The van der Waals surface area contributed by atoms with Crippen molar-refractivity contribution in [2.45, 2.75) is 85.2 Å². The number of phenols is 1. The number of rotatable bonds is 10. The molecule has 0 atom stereocenters. The first-order valence-electron chi connectivity index (χ1n) is 27.1. The third-order valence-electron chi connectivity index (χ3n) is 12.2. The predicted octanol–water partition coefficient (Wildman–Crippen LogP) is 16.6. The van der Waals surface area contributed by atoms with Gasteiger partial charge in [-0.25, -0.2) is 4.98 Å². The molecule has 0 amide bonds. The Morgan fingerprint density at radius 3 is 1.94 bits per heavy atom. The summed E-state index contributed by atoms with van der Waals surface area (Å²) >= 11 is 0. The first kappa shape index (κ1) is 34.9. The van der Waals surface area contributed by atoms with E-state index in [-0.39, 0.29) is 44.2 Å². The summed E-state index contributed by atoms with van der Waals surface area (Å²) in [5.74, 6) is -0.132. The molecule has 334 valence electrons. The number of pyridine rings is 1. The van der Waals surface area contributed by atoms with Crippen LogP contribution in [0.5, 0.6) is 5.75 Å². The molecule has 66 heavy (non-hydrogen) atoms. The summed E-state index contributed by atoms with van der Waals surface area (Å²) in [4.78, 5) is 10.3. The summed E-state index contributed by atoms with van der Waals surface area (Å²) in [5, 5.41) is 12.3. The average molecular weight is 1050 g/mol. The number of aromatic nitrogens is 3. The van der Waals surface area contributed by atoms with Gasteiger partial charge in [0.25, 0.3) is 0 Å². The monoisotopic (exact) mass is 1050 g/mol. The van der Waals surface area contributed by atoms with Gasteiger partial charge in [0.05, 0.1) is 16.6 Å². The molecule has 0 bridgehead atoms. The van der Waals surface area contributed by atoms with Gasteiger partial charge in [0.1, 0.15) is 11.6 Å². The van der Waals surface area contributed by atoms with Crippen molar-refractivity contribution in [3.63, 3.8) is 0 Å². The Kier molecular flexibility index (Phi) is 9.98.